The molecule has 1 aromatic carbocycles. The first-order chi connectivity index (χ1) is 8.86. The molecule has 4 nitrogen and oxygen atoms in total. The number of nitrogens with one attached hydrogen (secondary N) is 1. The van der Waals surface area contributed by atoms with Gasteiger partial charge in [-0.3, -0.25) is 0 Å². The van der Waals surface area contributed by atoms with E-state index in [-0.39, 0.29) is 6.61 Å². The molecule has 0 spiro atoms. The summed E-state index contributed by atoms with van der Waals surface area (Å²) in [5, 5.41) is 12.1. The quantitative estimate of drug-likeness (QED) is 0.623. The Balaban J connectivity index is 2.20. The van der Waals surface area contributed by atoms with Crippen LogP contribution in [0.25, 0.3) is 0 Å². The summed E-state index contributed by atoms with van der Waals surface area (Å²) in [5.41, 5.74) is 2.34. The Bertz CT molecular complexity index is 318. The van der Waals surface area contributed by atoms with Crippen LogP contribution in [-0.2, 0) is 15.9 Å². The summed E-state index contributed by atoms with van der Waals surface area (Å²) in [4.78, 5) is 0. The molecule has 4 heteroatoms. The summed E-state index contributed by atoms with van der Waals surface area (Å²) >= 11 is 0. The van der Waals surface area contributed by atoms with E-state index in [1.54, 1.807) is 7.11 Å². The standard InChI is InChI=1S/C14H23NO3/c1-17-10-11-18-9-7-15-14-6-2-4-13(12-14)5-3-8-16/h2,4,6,12,15-16H,3,5,7-11H2,1H3. The van der Waals surface area contributed by atoms with Crippen molar-refractivity contribution in [3.8, 4) is 0 Å². The van der Waals surface area contributed by atoms with Crippen LogP contribution in [0.1, 0.15) is 12.0 Å². The van der Waals surface area contributed by atoms with Crippen molar-refractivity contribution in [3.05, 3.63) is 29.8 Å². The Morgan fingerprint density at radius 2 is 2.11 bits per heavy atom. The van der Waals surface area contributed by atoms with E-state index in [0.29, 0.717) is 19.8 Å². The highest BCUT2D eigenvalue weighted by molar-refractivity contribution is 5.45. The average Bonchev–Trinajstić information content (AvgIpc) is 2.41. The molecule has 2 N–H and O–H groups in total. The van der Waals surface area contributed by atoms with Gasteiger partial charge in [0, 0.05) is 25.9 Å². The fourth-order valence-corrected chi connectivity index (χ4v) is 1.63. The molecule has 0 saturated carbocycles. The number of hydrogen-bond donors (Lipinski definition) is 2. The van der Waals surface area contributed by atoms with Crippen LogP contribution in [0.2, 0.25) is 0 Å². The van der Waals surface area contributed by atoms with Crippen molar-refractivity contribution in [3.63, 3.8) is 0 Å². The molecule has 0 unspecified atom stereocenters. The van der Waals surface area contributed by atoms with E-state index in [1.165, 1.54) is 5.56 Å². The maximum atomic E-state index is 8.80. The lowest BCUT2D eigenvalue weighted by Crippen LogP contribution is -2.12. The smallest absolute Gasteiger partial charge is 0.0701 e. The van der Waals surface area contributed by atoms with Crippen molar-refractivity contribution in [1.29, 1.82) is 0 Å². The Morgan fingerprint density at radius 3 is 2.89 bits per heavy atom. The number of ether oxygens (including phenoxy) is 2. The number of anilines is 1. The van der Waals surface area contributed by atoms with Crippen LogP contribution >= 0.6 is 0 Å². The zero-order chi connectivity index (χ0) is 13.1. The van der Waals surface area contributed by atoms with E-state index in [1.807, 2.05) is 12.1 Å². The first-order valence-electron chi connectivity index (χ1n) is 6.37. The first-order valence-corrected chi connectivity index (χ1v) is 6.37. The van der Waals surface area contributed by atoms with Crippen LogP contribution in [0.4, 0.5) is 5.69 Å². The first kappa shape index (κ1) is 15.0. The molecule has 1 aromatic rings. The van der Waals surface area contributed by atoms with Crippen LogP contribution in [0.15, 0.2) is 24.3 Å². The number of aliphatic hydroxyl groups excluding tert-OH is 1. The number of methoxy groups -OCH3 is 1. The summed E-state index contributed by atoms with van der Waals surface area (Å²) in [7, 11) is 1.67. The molecule has 0 heterocycles. The minimum Gasteiger partial charge on any atom is -0.396 e. The highest BCUT2D eigenvalue weighted by Crippen LogP contribution is 2.11. The van der Waals surface area contributed by atoms with E-state index in [9.17, 15) is 0 Å². The number of aryl methyl sites for hydroxylation is 1. The molecule has 0 atom stereocenters. The van der Waals surface area contributed by atoms with Gasteiger partial charge in [-0.1, -0.05) is 12.1 Å². The van der Waals surface area contributed by atoms with Crippen molar-refractivity contribution >= 4 is 5.69 Å². The van der Waals surface area contributed by atoms with E-state index in [0.717, 1.165) is 25.1 Å². The predicted molar refractivity (Wildman–Crippen MR) is 73.0 cm³/mol. The van der Waals surface area contributed by atoms with Gasteiger partial charge in [0.15, 0.2) is 0 Å². The molecule has 0 bridgehead atoms. The van der Waals surface area contributed by atoms with Crippen molar-refractivity contribution in [2.45, 2.75) is 12.8 Å². The van der Waals surface area contributed by atoms with Gasteiger partial charge in [-0.2, -0.15) is 0 Å². The number of hydrogen-bond acceptors (Lipinski definition) is 4. The molecule has 0 aliphatic carbocycles. The zero-order valence-electron chi connectivity index (χ0n) is 11.0. The number of aliphatic hydroxyl groups is 1. The zero-order valence-corrected chi connectivity index (χ0v) is 11.0. The van der Waals surface area contributed by atoms with Gasteiger partial charge >= 0.3 is 0 Å². The van der Waals surface area contributed by atoms with Crippen molar-refractivity contribution < 1.29 is 14.6 Å². The van der Waals surface area contributed by atoms with Gasteiger partial charge in [0.1, 0.15) is 0 Å². The molecule has 0 aliphatic rings. The van der Waals surface area contributed by atoms with Crippen LogP contribution in [-0.4, -0.2) is 45.2 Å². The van der Waals surface area contributed by atoms with E-state index in [2.05, 4.69) is 17.4 Å². The molecule has 0 saturated heterocycles. The normalized spacial score (nSPS) is 10.6. The summed E-state index contributed by atoms with van der Waals surface area (Å²) < 4.78 is 10.3. The lowest BCUT2D eigenvalue weighted by atomic mass is 10.1. The fourth-order valence-electron chi connectivity index (χ4n) is 1.63. The van der Waals surface area contributed by atoms with Gasteiger partial charge in [0.2, 0.25) is 0 Å². The van der Waals surface area contributed by atoms with Crippen LogP contribution in [0.3, 0.4) is 0 Å². The highest BCUT2D eigenvalue weighted by Gasteiger charge is 1.96. The minimum absolute atomic E-state index is 0.241. The summed E-state index contributed by atoms with van der Waals surface area (Å²) in [6, 6.07) is 8.26. The second-order valence-corrected chi connectivity index (χ2v) is 4.06. The molecular formula is C14H23NO3. The van der Waals surface area contributed by atoms with E-state index >= 15 is 0 Å². The second kappa shape index (κ2) is 9.88. The largest absolute Gasteiger partial charge is 0.396 e. The number of rotatable bonds is 10. The van der Waals surface area contributed by atoms with Crippen LogP contribution < -0.4 is 5.32 Å². The number of benzene rings is 1. The molecule has 0 radical (unpaired) electrons. The van der Waals surface area contributed by atoms with Gasteiger partial charge in [-0.15, -0.1) is 0 Å². The lowest BCUT2D eigenvalue weighted by Gasteiger charge is -2.08. The third-order valence-electron chi connectivity index (χ3n) is 2.56. The van der Waals surface area contributed by atoms with Crippen molar-refractivity contribution in [2.75, 3.05) is 45.4 Å². The van der Waals surface area contributed by atoms with Crippen molar-refractivity contribution in [2.24, 2.45) is 0 Å². The van der Waals surface area contributed by atoms with Crippen LogP contribution in [0, 0.1) is 0 Å². The highest BCUT2D eigenvalue weighted by atomic mass is 16.5. The topological polar surface area (TPSA) is 50.7 Å². The maximum Gasteiger partial charge on any atom is 0.0701 e. The summed E-state index contributed by atoms with van der Waals surface area (Å²) in [6.45, 7) is 2.97. The molecule has 18 heavy (non-hydrogen) atoms. The molecule has 0 aromatic heterocycles. The van der Waals surface area contributed by atoms with Gasteiger partial charge in [0.05, 0.1) is 19.8 Å². The molecule has 0 amide bonds. The average molecular weight is 253 g/mol. The SMILES string of the molecule is COCCOCCNc1cccc(CCCO)c1. The maximum absolute atomic E-state index is 8.80. The van der Waals surface area contributed by atoms with Gasteiger partial charge < -0.3 is 19.9 Å². The molecule has 0 fully saturated rings. The minimum atomic E-state index is 0.241. The lowest BCUT2D eigenvalue weighted by molar-refractivity contribution is 0.0759. The monoisotopic (exact) mass is 253 g/mol. The third kappa shape index (κ3) is 6.59. The summed E-state index contributed by atoms with van der Waals surface area (Å²) in [5.74, 6) is 0. The van der Waals surface area contributed by atoms with E-state index < -0.39 is 0 Å². The van der Waals surface area contributed by atoms with E-state index in [4.69, 9.17) is 14.6 Å². The predicted octanol–water partition coefficient (Wildman–Crippen LogP) is 1.69. The Morgan fingerprint density at radius 1 is 1.22 bits per heavy atom. The summed E-state index contributed by atoms with van der Waals surface area (Å²) in [6.07, 6.45) is 1.72. The molecule has 1 rings (SSSR count). The fraction of sp³-hybridized carbons (Fsp3) is 0.571. The molecular weight excluding hydrogens is 230 g/mol. The Hall–Kier alpha value is -1.10. The van der Waals surface area contributed by atoms with Gasteiger partial charge in [0.25, 0.3) is 0 Å². The second-order valence-electron chi connectivity index (χ2n) is 4.06. The molecule has 0 aliphatic heterocycles. The third-order valence-corrected chi connectivity index (χ3v) is 2.56. The Kier molecular flexibility index (Phi) is 8.21. The van der Waals surface area contributed by atoms with Gasteiger partial charge in [-0.25, -0.2) is 0 Å². The Labute approximate surface area is 109 Å². The molecule has 102 valence electrons. The van der Waals surface area contributed by atoms with Crippen molar-refractivity contribution in [1.82, 2.24) is 0 Å². The van der Waals surface area contributed by atoms with Crippen LogP contribution in [0.5, 0.6) is 0 Å². The van der Waals surface area contributed by atoms with Gasteiger partial charge in [-0.05, 0) is 30.5 Å².